The maximum atomic E-state index is 13.4. The molecule has 0 aliphatic heterocycles. The van der Waals surface area contributed by atoms with E-state index in [1.165, 1.54) is 24.3 Å². The Morgan fingerprint density at radius 2 is 1.43 bits per heavy atom. The second-order valence-corrected chi connectivity index (χ2v) is 5.79. The molecule has 1 aromatic heterocycles. The number of halogens is 6. The highest BCUT2D eigenvalue weighted by Crippen LogP contribution is 2.32. The van der Waals surface area contributed by atoms with Crippen molar-refractivity contribution in [1.82, 2.24) is 9.78 Å². The Labute approximate surface area is 153 Å². The fourth-order valence-electron chi connectivity index (χ4n) is 2.60. The average Bonchev–Trinajstić information content (AvgIpc) is 2.99. The standard InChI is InChI=1S/C18H11F6N3O/c19-17(20,21)11-8-6-10(7-9-11)14(25)13-15(18(22,23)24)26-27(16(13)28)12-4-2-1-3-5-12/h1-9,25-26H. The van der Waals surface area contributed by atoms with Crippen molar-refractivity contribution >= 4 is 5.71 Å². The summed E-state index contributed by atoms with van der Waals surface area (Å²) in [7, 11) is 0. The molecular weight excluding hydrogens is 388 g/mol. The average molecular weight is 399 g/mol. The zero-order valence-electron chi connectivity index (χ0n) is 13.8. The molecule has 0 spiro atoms. The third-order valence-corrected chi connectivity index (χ3v) is 3.94. The van der Waals surface area contributed by atoms with Crippen LogP contribution in [0.4, 0.5) is 26.3 Å². The smallest absolute Gasteiger partial charge is 0.299 e. The van der Waals surface area contributed by atoms with Crippen LogP contribution < -0.4 is 5.56 Å². The summed E-state index contributed by atoms with van der Waals surface area (Å²) in [6.45, 7) is 0. The normalized spacial score (nSPS) is 12.2. The number of benzene rings is 2. The highest BCUT2D eigenvalue weighted by molar-refractivity contribution is 6.11. The van der Waals surface area contributed by atoms with Gasteiger partial charge in [0.25, 0.3) is 5.56 Å². The lowest BCUT2D eigenvalue weighted by Crippen LogP contribution is -2.22. The number of nitrogens with zero attached hydrogens (tertiary/aromatic N) is 1. The first-order valence-electron chi connectivity index (χ1n) is 7.74. The first kappa shape index (κ1) is 19.5. The minimum atomic E-state index is -4.98. The maximum absolute atomic E-state index is 13.4. The number of alkyl halides is 6. The Morgan fingerprint density at radius 1 is 0.857 bits per heavy atom. The van der Waals surface area contributed by atoms with Gasteiger partial charge in [-0.1, -0.05) is 30.3 Å². The van der Waals surface area contributed by atoms with E-state index >= 15 is 0 Å². The third-order valence-electron chi connectivity index (χ3n) is 3.94. The lowest BCUT2D eigenvalue weighted by Gasteiger charge is -2.09. The van der Waals surface area contributed by atoms with Gasteiger partial charge < -0.3 is 0 Å². The molecule has 0 aliphatic carbocycles. The molecule has 4 nitrogen and oxygen atoms in total. The molecule has 2 aromatic carbocycles. The van der Waals surface area contributed by atoms with Crippen molar-refractivity contribution in [3.63, 3.8) is 0 Å². The van der Waals surface area contributed by atoms with Crippen LogP contribution in [0.5, 0.6) is 0 Å². The van der Waals surface area contributed by atoms with E-state index in [4.69, 9.17) is 5.41 Å². The van der Waals surface area contributed by atoms with E-state index in [9.17, 15) is 31.1 Å². The summed E-state index contributed by atoms with van der Waals surface area (Å²) >= 11 is 0. The Morgan fingerprint density at radius 3 is 1.93 bits per heavy atom. The van der Waals surface area contributed by atoms with Gasteiger partial charge in [-0.25, -0.2) is 4.68 Å². The van der Waals surface area contributed by atoms with Crippen LogP contribution in [-0.4, -0.2) is 15.5 Å². The Bertz CT molecular complexity index is 1060. The first-order valence-corrected chi connectivity index (χ1v) is 7.74. The highest BCUT2D eigenvalue weighted by Gasteiger charge is 2.39. The van der Waals surface area contributed by atoms with Gasteiger partial charge in [0.1, 0.15) is 0 Å². The highest BCUT2D eigenvalue weighted by atomic mass is 19.4. The molecule has 0 aliphatic rings. The molecule has 0 amide bonds. The molecular formula is C18H11F6N3O. The fraction of sp³-hybridized carbons (Fsp3) is 0.111. The van der Waals surface area contributed by atoms with Crippen LogP contribution in [0.3, 0.4) is 0 Å². The number of para-hydroxylation sites is 1. The molecule has 3 aromatic rings. The monoisotopic (exact) mass is 399 g/mol. The van der Waals surface area contributed by atoms with Gasteiger partial charge in [-0.05, 0) is 24.3 Å². The summed E-state index contributed by atoms with van der Waals surface area (Å²) in [4.78, 5) is 12.6. The molecule has 0 unspecified atom stereocenters. The Balaban J connectivity index is 2.14. The number of aromatic amines is 1. The lowest BCUT2D eigenvalue weighted by atomic mass is 10.0. The van der Waals surface area contributed by atoms with Crippen LogP contribution in [0.2, 0.25) is 0 Å². The number of rotatable bonds is 3. The van der Waals surface area contributed by atoms with Crippen molar-refractivity contribution in [3.05, 3.63) is 87.3 Å². The second-order valence-electron chi connectivity index (χ2n) is 5.79. The van der Waals surface area contributed by atoms with E-state index in [2.05, 4.69) is 0 Å². The van der Waals surface area contributed by atoms with Gasteiger partial charge in [0.05, 0.1) is 22.5 Å². The van der Waals surface area contributed by atoms with Gasteiger partial charge in [-0.15, -0.1) is 0 Å². The summed E-state index contributed by atoms with van der Waals surface area (Å²) in [6, 6.07) is 10.4. The molecule has 146 valence electrons. The topological polar surface area (TPSA) is 61.6 Å². The zero-order chi connectivity index (χ0) is 20.7. The molecule has 28 heavy (non-hydrogen) atoms. The van der Waals surface area contributed by atoms with Crippen LogP contribution in [0.1, 0.15) is 22.4 Å². The van der Waals surface area contributed by atoms with E-state index in [0.29, 0.717) is 16.8 Å². The Hall–Kier alpha value is -3.30. The number of hydrogen-bond acceptors (Lipinski definition) is 2. The van der Waals surface area contributed by atoms with Gasteiger partial charge in [0, 0.05) is 5.56 Å². The summed E-state index contributed by atoms with van der Waals surface area (Å²) < 4.78 is 78.9. The largest absolute Gasteiger partial charge is 0.433 e. The first-order chi connectivity index (χ1) is 13.0. The van der Waals surface area contributed by atoms with Gasteiger partial charge in [0.15, 0.2) is 5.69 Å². The molecule has 0 saturated heterocycles. The molecule has 2 N–H and O–H groups in total. The maximum Gasteiger partial charge on any atom is 0.433 e. The fourth-order valence-corrected chi connectivity index (χ4v) is 2.60. The predicted molar refractivity (Wildman–Crippen MR) is 88.8 cm³/mol. The van der Waals surface area contributed by atoms with Crippen LogP contribution in [0.15, 0.2) is 59.4 Å². The van der Waals surface area contributed by atoms with Gasteiger partial charge in [-0.3, -0.25) is 15.3 Å². The quantitative estimate of drug-likeness (QED) is 0.490. The van der Waals surface area contributed by atoms with E-state index in [1.807, 2.05) is 5.10 Å². The number of nitrogens with one attached hydrogen (secondary N) is 2. The molecule has 0 atom stereocenters. The van der Waals surface area contributed by atoms with Crippen molar-refractivity contribution in [1.29, 1.82) is 5.41 Å². The lowest BCUT2D eigenvalue weighted by molar-refractivity contribution is -0.141. The summed E-state index contributed by atoms with van der Waals surface area (Å²) in [5.41, 5.74) is -5.56. The summed E-state index contributed by atoms with van der Waals surface area (Å²) in [6.07, 6.45) is -9.61. The van der Waals surface area contributed by atoms with Crippen molar-refractivity contribution in [2.45, 2.75) is 12.4 Å². The molecule has 3 rings (SSSR count). The van der Waals surface area contributed by atoms with E-state index in [1.54, 1.807) is 6.07 Å². The van der Waals surface area contributed by atoms with Crippen LogP contribution >= 0.6 is 0 Å². The van der Waals surface area contributed by atoms with Crippen molar-refractivity contribution < 1.29 is 26.3 Å². The number of hydrogen-bond donors (Lipinski definition) is 2. The van der Waals surface area contributed by atoms with Gasteiger partial charge in [0.2, 0.25) is 0 Å². The van der Waals surface area contributed by atoms with Crippen molar-refractivity contribution in [2.24, 2.45) is 0 Å². The summed E-state index contributed by atoms with van der Waals surface area (Å²) in [5, 5.41) is 9.97. The van der Waals surface area contributed by atoms with Crippen molar-refractivity contribution in [3.8, 4) is 5.69 Å². The second kappa shape index (κ2) is 6.70. The molecule has 0 radical (unpaired) electrons. The third kappa shape index (κ3) is 3.57. The summed E-state index contributed by atoms with van der Waals surface area (Å²) in [5.74, 6) is 0. The molecule has 10 heteroatoms. The zero-order valence-corrected chi connectivity index (χ0v) is 13.8. The van der Waals surface area contributed by atoms with E-state index in [-0.39, 0.29) is 11.3 Å². The molecule has 1 heterocycles. The van der Waals surface area contributed by atoms with E-state index < -0.39 is 40.4 Å². The van der Waals surface area contributed by atoms with Crippen LogP contribution in [-0.2, 0) is 12.4 Å². The number of aromatic nitrogens is 2. The van der Waals surface area contributed by atoms with Gasteiger partial charge in [-0.2, -0.15) is 26.3 Å². The van der Waals surface area contributed by atoms with Crippen molar-refractivity contribution in [2.75, 3.05) is 0 Å². The molecule has 0 bridgehead atoms. The SMILES string of the molecule is N=C(c1ccc(C(F)(F)F)cc1)c1c(C(F)(F)F)[nH]n(-c2ccccc2)c1=O. The molecule has 0 fully saturated rings. The van der Waals surface area contributed by atoms with E-state index in [0.717, 1.165) is 12.1 Å². The Kier molecular flexibility index (Phi) is 4.66. The van der Waals surface area contributed by atoms with Crippen LogP contribution in [0.25, 0.3) is 5.69 Å². The van der Waals surface area contributed by atoms with Gasteiger partial charge >= 0.3 is 12.4 Å². The predicted octanol–water partition coefficient (Wildman–Crippen LogP) is 4.62. The van der Waals surface area contributed by atoms with Crippen LogP contribution in [0, 0.1) is 5.41 Å². The molecule has 0 saturated carbocycles. The number of H-pyrrole nitrogens is 1. The minimum Gasteiger partial charge on any atom is -0.299 e. The minimum absolute atomic E-state index is 0.115.